The van der Waals surface area contributed by atoms with Gasteiger partial charge in [0.15, 0.2) is 0 Å². The van der Waals surface area contributed by atoms with Crippen LogP contribution in [-0.4, -0.2) is 14.7 Å². The van der Waals surface area contributed by atoms with Crippen molar-refractivity contribution in [2.75, 3.05) is 11.0 Å². The summed E-state index contributed by atoms with van der Waals surface area (Å²) in [5, 5.41) is 8.45. The summed E-state index contributed by atoms with van der Waals surface area (Å²) < 4.78 is 24.1. The first-order chi connectivity index (χ1) is 6.51. The lowest BCUT2D eigenvalue weighted by atomic mass is 10.1. The number of rotatable bonds is 3. The fraction of sp³-hybridized carbons (Fsp3) is 0.222. The summed E-state index contributed by atoms with van der Waals surface area (Å²) in [6, 6.07) is 8.76. The van der Waals surface area contributed by atoms with Crippen molar-refractivity contribution in [2.24, 2.45) is 0 Å². The molecule has 14 heavy (non-hydrogen) atoms. The van der Waals surface area contributed by atoms with Gasteiger partial charge in [0.2, 0.25) is 10.0 Å². The third kappa shape index (κ3) is 3.46. The Morgan fingerprint density at radius 2 is 2.21 bits per heavy atom. The zero-order chi connectivity index (χ0) is 10.6. The van der Waals surface area contributed by atoms with Crippen LogP contribution in [0.15, 0.2) is 24.3 Å². The van der Waals surface area contributed by atoms with Crippen LogP contribution in [0.1, 0.15) is 5.56 Å². The molecule has 0 saturated heterocycles. The molecule has 0 spiro atoms. The summed E-state index contributed by atoms with van der Waals surface area (Å²) in [6.45, 7) is 0. The van der Waals surface area contributed by atoms with E-state index in [1.807, 2.05) is 6.07 Å². The first-order valence-electron chi connectivity index (χ1n) is 3.95. The van der Waals surface area contributed by atoms with E-state index in [0.29, 0.717) is 5.69 Å². The van der Waals surface area contributed by atoms with Gasteiger partial charge in [0, 0.05) is 5.69 Å². The fourth-order valence-electron chi connectivity index (χ4n) is 1.05. The van der Waals surface area contributed by atoms with Gasteiger partial charge in [-0.15, -0.1) is 0 Å². The zero-order valence-electron chi connectivity index (χ0n) is 7.69. The number of nitriles is 1. The lowest BCUT2D eigenvalue weighted by Gasteiger charge is -2.04. The fourth-order valence-corrected chi connectivity index (χ4v) is 1.61. The van der Waals surface area contributed by atoms with Crippen molar-refractivity contribution in [3.05, 3.63) is 29.8 Å². The molecule has 0 fully saturated rings. The van der Waals surface area contributed by atoms with Crippen molar-refractivity contribution < 1.29 is 8.42 Å². The molecule has 0 aromatic heterocycles. The molecule has 0 unspecified atom stereocenters. The van der Waals surface area contributed by atoms with Crippen LogP contribution in [0.5, 0.6) is 0 Å². The van der Waals surface area contributed by atoms with Gasteiger partial charge in [-0.25, -0.2) is 8.42 Å². The van der Waals surface area contributed by atoms with E-state index in [1.165, 1.54) is 0 Å². The van der Waals surface area contributed by atoms with Gasteiger partial charge in [0.1, 0.15) is 0 Å². The highest BCUT2D eigenvalue weighted by molar-refractivity contribution is 7.92. The van der Waals surface area contributed by atoms with E-state index < -0.39 is 10.0 Å². The molecule has 1 aromatic rings. The molecular formula is C9H10N2O2S. The smallest absolute Gasteiger partial charge is 0.229 e. The third-order valence-electron chi connectivity index (χ3n) is 1.51. The normalized spacial score (nSPS) is 10.6. The molecule has 0 bridgehead atoms. The Labute approximate surface area is 83.2 Å². The van der Waals surface area contributed by atoms with Crippen LogP contribution in [0.3, 0.4) is 0 Å². The molecule has 74 valence electrons. The molecule has 1 rings (SSSR count). The highest BCUT2D eigenvalue weighted by Crippen LogP contribution is 2.11. The van der Waals surface area contributed by atoms with Gasteiger partial charge in [0.05, 0.1) is 18.7 Å². The third-order valence-corrected chi connectivity index (χ3v) is 2.12. The van der Waals surface area contributed by atoms with Crippen molar-refractivity contribution >= 4 is 15.7 Å². The van der Waals surface area contributed by atoms with Gasteiger partial charge in [-0.2, -0.15) is 5.26 Å². The molecule has 0 heterocycles. The highest BCUT2D eigenvalue weighted by Gasteiger charge is 2.01. The Morgan fingerprint density at radius 1 is 1.50 bits per heavy atom. The highest BCUT2D eigenvalue weighted by atomic mass is 32.2. The Bertz CT molecular complexity index is 460. The van der Waals surface area contributed by atoms with Gasteiger partial charge in [-0.05, 0) is 17.7 Å². The van der Waals surface area contributed by atoms with Crippen molar-refractivity contribution in [1.82, 2.24) is 0 Å². The SMILES string of the molecule is CS(=O)(=O)Nc1cccc(CC#N)c1. The van der Waals surface area contributed by atoms with Crippen molar-refractivity contribution in [1.29, 1.82) is 5.26 Å². The van der Waals surface area contributed by atoms with Crippen LogP contribution in [0.4, 0.5) is 5.69 Å². The summed E-state index contributed by atoms with van der Waals surface area (Å²) in [4.78, 5) is 0. The van der Waals surface area contributed by atoms with Crippen LogP contribution in [0.2, 0.25) is 0 Å². The van der Waals surface area contributed by atoms with Crippen molar-refractivity contribution in [2.45, 2.75) is 6.42 Å². The first-order valence-corrected chi connectivity index (χ1v) is 5.84. The molecule has 0 aliphatic carbocycles. The van der Waals surface area contributed by atoms with E-state index >= 15 is 0 Å². The van der Waals surface area contributed by atoms with E-state index in [4.69, 9.17) is 5.26 Å². The number of benzene rings is 1. The second-order valence-corrected chi connectivity index (χ2v) is 4.66. The summed E-state index contributed by atoms with van der Waals surface area (Å²) in [5.74, 6) is 0. The molecule has 0 atom stereocenters. The molecule has 4 nitrogen and oxygen atoms in total. The Hall–Kier alpha value is -1.54. The first kappa shape index (κ1) is 10.5. The molecule has 1 aromatic carbocycles. The van der Waals surface area contributed by atoms with Crippen LogP contribution in [-0.2, 0) is 16.4 Å². The van der Waals surface area contributed by atoms with Crippen LogP contribution in [0.25, 0.3) is 0 Å². The quantitative estimate of drug-likeness (QED) is 0.812. The number of anilines is 1. The second kappa shape index (κ2) is 4.11. The predicted molar refractivity (Wildman–Crippen MR) is 54.2 cm³/mol. The van der Waals surface area contributed by atoms with Gasteiger partial charge in [-0.1, -0.05) is 12.1 Å². The minimum absolute atomic E-state index is 0.277. The Balaban J connectivity index is 2.90. The largest absolute Gasteiger partial charge is 0.284 e. The van der Waals surface area contributed by atoms with Crippen molar-refractivity contribution in [3.8, 4) is 6.07 Å². The summed E-state index contributed by atoms with van der Waals surface area (Å²) >= 11 is 0. The average Bonchev–Trinajstić information content (AvgIpc) is 2.02. The molecule has 0 amide bonds. The number of sulfonamides is 1. The molecular weight excluding hydrogens is 200 g/mol. The van der Waals surface area contributed by atoms with Gasteiger partial charge < -0.3 is 0 Å². The lowest BCUT2D eigenvalue weighted by Crippen LogP contribution is -2.09. The number of hydrogen-bond donors (Lipinski definition) is 1. The number of nitrogens with zero attached hydrogens (tertiary/aromatic N) is 1. The molecule has 0 radical (unpaired) electrons. The standard InChI is InChI=1S/C9H10N2O2S/c1-14(12,13)11-9-4-2-3-8(7-9)5-6-10/h2-4,7,11H,5H2,1H3. The van der Waals surface area contributed by atoms with E-state index in [9.17, 15) is 8.42 Å². The summed E-state index contributed by atoms with van der Waals surface area (Å²) in [5.41, 5.74) is 1.28. The van der Waals surface area contributed by atoms with E-state index in [-0.39, 0.29) is 6.42 Å². The molecule has 5 heteroatoms. The minimum Gasteiger partial charge on any atom is -0.284 e. The predicted octanol–water partition coefficient (Wildman–Crippen LogP) is 1.12. The molecule has 0 aliphatic heterocycles. The van der Waals surface area contributed by atoms with Crippen molar-refractivity contribution in [3.63, 3.8) is 0 Å². The van der Waals surface area contributed by atoms with Crippen LogP contribution in [0, 0.1) is 11.3 Å². The Kier molecular flexibility index (Phi) is 3.10. The molecule has 0 aliphatic rings. The van der Waals surface area contributed by atoms with E-state index in [1.54, 1.807) is 24.3 Å². The van der Waals surface area contributed by atoms with Gasteiger partial charge >= 0.3 is 0 Å². The number of hydrogen-bond acceptors (Lipinski definition) is 3. The van der Waals surface area contributed by atoms with E-state index in [2.05, 4.69) is 4.72 Å². The maximum atomic E-state index is 10.9. The average molecular weight is 210 g/mol. The lowest BCUT2D eigenvalue weighted by molar-refractivity contribution is 0.607. The maximum absolute atomic E-state index is 10.9. The molecule has 1 N–H and O–H groups in total. The monoisotopic (exact) mass is 210 g/mol. The summed E-state index contributed by atoms with van der Waals surface area (Å²) in [6.07, 6.45) is 1.36. The molecule has 0 saturated carbocycles. The second-order valence-electron chi connectivity index (χ2n) is 2.91. The summed E-state index contributed by atoms with van der Waals surface area (Å²) in [7, 11) is -3.24. The topological polar surface area (TPSA) is 70.0 Å². The maximum Gasteiger partial charge on any atom is 0.229 e. The minimum atomic E-state index is -3.24. The van der Waals surface area contributed by atoms with Crippen LogP contribution < -0.4 is 4.72 Å². The zero-order valence-corrected chi connectivity index (χ0v) is 8.50. The van der Waals surface area contributed by atoms with Gasteiger partial charge in [0.25, 0.3) is 0 Å². The van der Waals surface area contributed by atoms with Gasteiger partial charge in [-0.3, -0.25) is 4.72 Å². The number of nitrogens with one attached hydrogen (secondary N) is 1. The van der Waals surface area contributed by atoms with E-state index in [0.717, 1.165) is 11.8 Å². The van der Waals surface area contributed by atoms with Crippen LogP contribution >= 0.6 is 0 Å². The Morgan fingerprint density at radius 3 is 2.79 bits per heavy atom.